The molecule has 0 spiro atoms. The molecule has 0 aliphatic heterocycles. The monoisotopic (exact) mass is 339 g/mol. The maximum Gasteiger partial charge on any atom is 0.228 e. The molecule has 3 aromatic rings. The highest BCUT2D eigenvalue weighted by Crippen LogP contribution is 2.30. The zero-order valence-corrected chi connectivity index (χ0v) is 14.7. The number of carbonyl (C=O) groups is 1. The van der Waals surface area contributed by atoms with Crippen molar-refractivity contribution in [1.29, 1.82) is 0 Å². The van der Waals surface area contributed by atoms with Gasteiger partial charge in [0.25, 0.3) is 0 Å². The summed E-state index contributed by atoms with van der Waals surface area (Å²) < 4.78 is 15.1. The molecule has 25 heavy (non-hydrogen) atoms. The summed E-state index contributed by atoms with van der Waals surface area (Å²) in [6.45, 7) is 6.01. The van der Waals surface area contributed by atoms with Crippen LogP contribution in [0.1, 0.15) is 32.3 Å². The Kier molecular flexibility index (Phi) is 4.83. The summed E-state index contributed by atoms with van der Waals surface area (Å²) in [7, 11) is 0. The Morgan fingerprint density at radius 1 is 1.20 bits per heavy atom. The summed E-state index contributed by atoms with van der Waals surface area (Å²) in [5.41, 5.74) is 3.24. The van der Waals surface area contributed by atoms with E-state index in [9.17, 15) is 9.18 Å². The van der Waals surface area contributed by atoms with E-state index >= 15 is 0 Å². The number of pyridine rings is 1. The van der Waals surface area contributed by atoms with Crippen molar-refractivity contribution in [1.82, 2.24) is 9.38 Å². The molecule has 1 N–H and O–H groups in total. The molecule has 0 atom stereocenters. The lowest BCUT2D eigenvalue weighted by Gasteiger charge is -2.14. The van der Waals surface area contributed by atoms with Crippen molar-refractivity contribution in [3.05, 3.63) is 54.0 Å². The smallest absolute Gasteiger partial charge is 0.228 e. The quantitative estimate of drug-likeness (QED) is 0.724. The summed E-state index contributed by atoms with van der Waals surface area (Å²) in [4.78, 5) is 17.3. The highest BCUT2D eigenvalue weighted by Gasteiger charge is 2.20. The summed E-state index contributed by atoms with van der Waals surface area (Å²) >= 11 is 0. The minimum absolute atomic E-state index is 0.0178. The maximum atomic E-state index is 13.3. The molecule has 0 radical (unpaired) electrons. The third-order valence-electron chi connectivity index (χ3n) is 4.50. The van der Waals surface area contributed by atoms with Gasteiger partial charge in [0, 0.05) is 17.7 Å². The predicted octanol–water partition coefficient (Wildman–Crippen LogP) is 4.82. The molecule has 0 saturated heterocycles. The van der Waals surface area contributed by atoms with Gasteiger partial charge in [-0.1, -0.05) is 13.8 Å². The number of amides is 1. The Balaban J connectivity index is 2.12. The van der Waals surface area contributed by atoms with Gasteiger partial charge in [-0.25, -0.2) is 9.37 Å². The van der Waals surface area contributed by atoms with E-state index in [2.05, 4.69) is 10.3 Å². The van der Waals surface area contributed by atoms with E-state index in [4.69, 9.17) is 0 Å². The highest BCUT2D eigenvalue weighted by molar-refractivity contribution is 5.96. The Bertz CT molecular complexity index is 895. The summed E-state index contributed by atoms with van der Waals surface area (Å²) in [5.74, 6) is 0.261. The van der Waals surface area contributed by atoms with Gasteiger partial charge in [-0.05, 0) is 61.7 Å². The van der Waals surface area contributed by atoms with Crippen molar-refractivity contribution < 1.29 is 9.18 Å². The standard InChI is InChI=1S/C20H22FN3O/c1-4-14(5-2)20(25)23-19-18(15-6-8-16(21)9-7-15)22-17-12-13(3)10-11-24(17)19/h6-12,14H,4-5H2,1-3H3,(H,23,25). The largest absolute Gasteiger partial charge is 0.310 e. The Hall–Kier alpha value is -2.69. The minimum atomic E-state index is -0.300. The van der Waals surface area contributed by atoms with Crippen LogP contribution >= 0.6 is 0 Å². The second kappa shape index (κ2) is 7.05. The molecule has 4 nitrogen and oxygen atoms in total. The molecule has 2 heterocycles. The first-order valence-electron chi connectivity index (χ1n) is 8.59. The van der Waals surface area contributed by atoms with Crippen LogP contribution < -0.4 is 5.32 Å². The molecule has 0 bridgehead atoms. The van der Waals surface area contributed by atoms with Gasteiger partial charge in [-0.2, -0.15) is 0 Å². The topological polar surface area (TPSA) is 46.4 Å². The lowest BCUT2D eigenvalue weighted by molar-refractivity contribution is -0.120. The highest BCUT2D eigenvalue weighted by atomic mass is 19.1. The Morgan fingerprint density at radius 2 is 1.88 bits per heavy atom. The lowest BCUT2D eigenvalue weighted by Crippen LogP contribution is -2.22. The number of nitrogens with zero attached hydrogens (tertiary/aromatic N) is 2. The fraction of sp³-hybridized carbons (Fsp3) is 0.300. The fourth-order valence-electron chi connectivity index (χ4n) is 2.95. The Morgan fingerprint density at radius 3 is 2.52 bits per heavy atom. The van der Waals surface area contributed by atoms with Gasteiger partial charge in [0.15, 0.2) is 0 Å². The Labute approximate surface area is 146 Å². The molecule has 1 aromatic carbocycles. The van der Waals surface area contributed by atoms with E-state index in [0.29, 0.717) is 11.5 Å². The van der Waals surface area contributed by atoms with E-state index < -0.39 is 0 Å². The van der Waals surface area contributed by atoms with Crippen molar-refractivity contribution in [2.45, 2.75) is 33.6 Å². The second-order valence-electron chi connectivity index (χ2n) is 6.25. The molecule has 3 rings (SSSR count). The molecule has 2 aromatic heterocycles. The molecular formula is C20H22FN3O. The van der Waals surface area contributed by atoms with Gasteiger partial charge in [0.1, 0.15) is 23.0 Å². The number of rotatable bonds is 5. The van der Waals surface area contributed by atoms with Crippen molar-refractivity contribution in [2.75, 3.05) is 5.32 Å². The fourth-order valence-corrected chi connectivity index (χ4v) is 2.95. The molecule has 0 fully saturated rings. The zero-order chi connectivity index (χ0) is 18.0. The van der Waals surface area contributed by atoms with Gasteiger partial charge in [-0.3, -0.25) is 9.20 Å². The van der Waals surface area contributed by atoms with Crippen LogP contribution in [-0.2, 0) is 4.79 Å². The number of halogens is 1. The third-order valence-corrected chi connectivity index (χ3v) is 4.50. The number of nitrogens with one attached hydrogen (secondary N) is 1. The number of aryl methyl sites for hydroxylation is 1. The van der Waals surface area contributed by atoms with Crippen LogP contribution in [0.15, 0.2) is 42.6 Å². The summed E-state index contributed by atoms with van der Waals surface area (Å²) in [6, 6.07) is 10.1. The molecule has 0 unspecified atom stereocenters. The number of carbonyl (C=O) groups excluding carboxylic acids is 1. The number of benzene rings is 1. The number of aromatic nitrogens is 2. The molecule has 130 valence electrons. The van der Waals surface area contributed by atoms with E-state index in [1.54, 1.807) is 12.1 Å². The number of hydrogen-bond acceptors (Lipinski definition) is 2. The van der Waals surface area contributed by atoms with E-state index in [1.165, 1.54) is 12.1 Å². The number of hydrogen-bond donors (Lipinski definition) is 1. The van der Waals surface area contributed by atoms with Crippen LogP contribution in [-0.4, -0.2) is 15.3 Å². The van der Waals surface area contributed by atoms with Gasteiger partial charge in [0.2, 0.25) is 5.91 Å². The first-order chi connectivity index (χ1) is 12.0. The van der Waals surface area contributed by atoms with Crippen LogP contribution in [0.5, 0.6) is 0 Å². The molecule has 0 saturated carbocycles. The van der Waals surface area contributed by atoms with Crippen molar-refractivity contribution in [2.24, 2.45) is 5.92 Å². The first kappa shape index (κ1) is 17.1. The average molecular weight is 339 g/mol. The number of fused-ring (bicyclic) bond motifs is 1. The van der Waals surface area contributed by atoms with Crippen LogP contribution in [0.3, 0.4) is 0 Å². The van der Waals surface area contributed by atoms with E-state index in [0.717, 1.165) is 29.6 Å². The van der Waals surface area contributed by atoms with Crippen molar-refractivity contribution in [3.63, 3.8) is 0 Å². The van der Waals surface area contributed by atoms with Gasteiger partial charge in [0.05, 0.1) is 0 Å². The molecular weight excluding hydrogens is 317 g/mol. The molecule has 5 heteroatoms. The first-order valence-corrected chi connectivity index (χ1v) is 8.59. The zero-order valence-electron chi connectivity index (χ0n) is 14.7. The molecule has 0 aliphatic carbocycles. The van der Waals surface area contributed by atoms with Gasteiger partial charge in [-0.15, -0.1) is 0 Å². The normalized spacial score (nSPS) is 11.2. The minimum Gasteiger partial charge on any atom is -0.310 e. The molecule has 1 amide bonds. The maximum absolute atomic E-state index is 13.3. The van der Waals surface area contributed by atoms with Gasteiger partial charge < -0.3 is 5.32 Å². The van der Waals surface area contributed by atoms with Crippen molar-refractivity contribution in [3.8, 4) is 11.3 Å². The number of imidazole rings is 1. The van der Waals surface area contributed by atoms with Crippen LogP contribution in [0.4, 0.5) is 10.2 Å². The van der Waals surface area contributed by atoms with Crippen LogP contribution in [0, 0.1) is 18.7 Å². The SMILES string of the molecule is CCC(CC)C(=O)Nc1c(-c2ccc(F)cc2)nc2cc(C)ccn12. The molecule has 0 aliphatic rings. The third kappa shape index (κ3) is 3.40. The summed E-state index contributed by atoms with van der Waals surface area (Å²) in [6.07, 6.45) is 3.46. The average Bonchev–Trinajstić information content (AvgIpc) is 2.94. The predicted molar refractivity (Wildman–Crippen MR) is 98.0 cm³/mol. The van der Waals surface area contributed by atoms with E-state index in [-0.39, 0.29) is 17.6 Å². The van der Waals surface area contributed by atoms with Crippen molar-refractivity contribution >= 4 is 17.4 Å². The summed E-state index contributed by atoms with van der Waals surface area (Å²) in [5, 5.41) is 3.04. The van der Waals surface area contributed by atoms with Crippen LogP contribution in [0.25, 0.3) is 16.9 Å². The number of anilines is 1. The second-order valence-corrected chi connectivity index (χ2v) is 6.25. The van der Waals surface area contributed by atoms with Crippen LogP contribution in [0.2, 0.25) is 0 Å². The van der Waals surface area contributed by atoms with E-state index in [1.807, 2.05) is 43.5 Å². The lowest BCUT2D eigenvalue weighted by atomic mass is 10.0. The van der Waals surface area contributed by atoms with Gasteiger partial charge >= 0.3 is 0 Å².